The van der Waals surface area contributed by atoms with Gasteiger partial charge in [-0.25, -0.2) is 4.98 Å². The Hall–Kier alpha value is -1.85. The van der Waals surface area contributed by atoms with E-state index in [-0.39, 0.29) is 23.4 Å². The number of fused-ring (bicyclic) bond motifs is 3. The Labute approximate surface area is 154 Å². The summed E-state index contributed by atoms with van der Waals surface area (Å²) in [7, 11) is 0. The van der Waals surface area contributed by atoms with Crippen molar-refractivity contribution < 1.29 is 9.59 Å². The molecular formula is C20H28N4O2. The van der Waals surface area contributed by atoms with Gasteiger partial charge >= 0.3 is 0 Å². The number of piperidine rings is 1. The van der Waals surface area contributed by atoms with E-state index in [0.29, 0.717) is 17.5 Å². The van der Waals surface area contributed by atoms with Gasteiger partial charge in [0, 0.05) is 12.5 Å². The molecule has 6 heteroatoms. The molecule has 0 radical (unpaired) electrons. The molecule has 2 N–H and O–H groups in total. The van der Waals surface area contributed by atoms with Crippen LogP contribution in [0.25, 0.3) is 0 Å². The number of rotatable bonds is 3. The number of hydrogen-bond acceptors (Lipinski definition) is 3. The van der Waals surface area contributed by atoms with Gasteiger partial charge in [-0.15, -0.1) is 0 Å². The lowest BCUT2D eigenvalue weighted by atomic mass is 9.81. The molecule has 1 aliphatic heterocycles. The first-order valence-corrected chi connectivity index (χ1v) is 10.3. The molecule has 3 saturated carbocycles. The predicted octanol–water partition coefficient (Wildman–Crippen LogP) is 2.49. The molecule has 5 atom stereocenters. The van der Waals surface area contributed by atoms with Crippen LogP contribution < -0.4 is 5.32 Å². The summed E-state index contributed by atoms with van der Waals surface area (Å²) in [6.45, 7) is 0.860. The van der Waals surface area contributed by atoms with Gasteiger partial charge in [0.05, 0.1) is 24.1 Å². The number of carbonyl (C=O) groups excluding carboxylic acids is 2. The summed E-state index contributed by atoms with van der Waals surface area (Å²) in [5.74, 6) is 1.93. The average Bonchev–Trinajstić information content (AvgIpc) is 3.44. The Kier molecular flexibility index (Phi) is 3.83. The summed E-state index contributed by atoms with van der Waals surface area (Å²) in [6.07, 6.45) is 13.0. The first-order chi connectivity index (χ1) is 12.7. The van der Waals surface area contributed by atoms with Crippen molar-refractivity contribution >= 4 is 11.8 Å². The van der Waals surface area contributed by atoms with Crippen LogP contribution in [0.2, 0.25) is 0 Å². The van der Waals surface area contributed by atoms with Gasteiger partial charge in [-0.1, -0.05) is 6.42 Å². The van der Waals surface area contributed by atoms with Gasteiger partial charge in [0.15, 0.2) is 0 Å². The molecule has 4 aliphatic rings. The van der Waals surface area contributed by atoms with Crippen molar-refractivity contribution in [3.05, 3.63) is 18.2 Å². The third-order valence-electron chi connectivity index (χ3n) is 7.58. The number of H-pyrrole nitrogens is 1. The second-order valence-electron chi connectivity index (χ2n) is 8.90. The highest BCUT2D eigenvalue weighted by Crippen LogP contribution is 2.50. The Balaban J connectivity index is 1.36. The summed E-state index contributed by atoms with van der Waals surface area (Å²) in [5.41, 5.74) is 0.245. The Morgan fingerprint density at radius 1 is 1.19 bits per heavy atom. The van der Waals surface area contributed by atoms with Crippen molar-refractivity contribution in [3.8, 4) is 0 Å². The highest BCUT2D eigenvalue weighted by atomic mass is 16.2. The molecule has 26 heavy (non-hydrogen) atoms. The number of likely N-dealkylation sites (tertiary alicyclic amines) is 1. The highest BCUT2D eigenvalue weighted by Gasteiger charge is 2.53. The minimum Gasteiger partial charge on any atom is -0.343 e. The molecule has 1 aromatic heterocycles. The van der Waals surface area contributed by atoms with E-state index in [2.05, 4.69) is 20.2 Å². The van der Waals surface area contributed by atoms with Crippen LogP contribution in [0.15, 0.2) is 12.5 Å². The lowest BCUT2D eigenvalue weighted by molar-refractivity contribution is -0.143. The van der Waals surface area contributed by atoms with Gasteiger partial charge in [0.25, 0.3) is 5.91 Å². The normalized spacial score (nSPS) is 38.4. The molecular weight excluding hydrogens is 328 g/mol. The van der Waals surface area contributed by atoms with Crippen LogP contribution in [0.4, 0.5) is 0 Å². The summed E-state index contributed by atoms with van der Waals surface area (Å²) in [5, 5.41) is 3.30. The third kappa shape index (κ3) is 2.48. The lowest BCUT2D eigenvalue weighted by Gasteiger charge is -2.48. The second kappa shape index (κ2) is 6.10. The number of aromatic amines is 1. The van der Waals surface area contributed by atoms with Crippen molar-refractivity contribution in [1.29, 1.82) is 0 Å². The smallest absolute Gasteiger partial charge is 0.269 e. The zero-order valence-electron chi connectivity index (χ0n) is 15.2. The molecule has 1 saturated heterocycles. The maximum Gasteiger partial charge on any atom is 0.269 e. The highest BCUT2D eigenvalue weighted by molar-refractivity contribution is 5.92. The number of aromatic nitrogens is 2. The van der Waals surface area contributed by atoms with Gasteiger partial charge < -0.3 is 15.2 Å². The zero-order chi connectivity index (χ0) is 17.7. The van der Waals surface area contributed by atoms with Gasteiger partial charge in [-0.3, -0.25) is 9.59 Å². The summed E-state index contributed by atoms with van der Waals surface area (Å²) >= 11 is 0. The molecule has 2 bridgehead atoms. The predicted molar refractivity (Wildman–Crippen MR) is 96.3 cm³/mol. The van der Waals surface area contributed by atoms with Crippen LogP contribution in [-0.2, 0) is 4.79 Å². The van der Waals surface area contributed by atoms with Crippen molar-refractivity contribution in [2.75, 3.05) is 6.54 Å². The Morgan fingerprint density at radius 3 is 2.81 bits per heavy atom. The zero-order valence-corrected chi connectivity index (χ0v) is 15.2. The molecule has 5 unspecified atom stereocenters. The maximum atomic E-state index is 13.4. The summed E-state index contributed by atoms with van der Waals surface area (Å²) < 4.78 is 0. The van der Waals surface area contributed by atoms with Crippen LogP contribution in [-0.4, -0.2) is 44.8 Å². The van der Waals surface area contributed by atoms with Crippen molar-refractivity contribution in [3.63, 3.8) is 0 Å². The number of nitrogens with one attached hydrogen (secondary N) is 2. The molecule has 6 nitrogen and oxygen atoms in total. The second-order valence-corrected chi connectivity index (χ2v) is 8.90. The fourth-order valence-electron chi connectivity index (χ4n) is 6.43. The summed E-state index contributed by atoms with van der Waals surface area (Å²) in [6, 6.07) is 0.162. The lowest BCUT2D eigenvalue weighted by Crippen LogP contribution is -2.64. The third-order valence-corrected chi connectivity index (χ3v) is 7.58. The van der Waals surface area contributed by atoms with Gasteiger partial charge in [-0.05, 0) is 63.2 Å². The molecule has 1 aromatic rings. The first kappa shape index (κ1) is 16.3. The van der Waals surface area contributed by atoms with Crippen LogP contribution in [0.1, 0.15) is 68.3 Å². The minimum atomic E-state index is -0.256. The van der Waals surface area contributed by atoms with Crippen LogP contribution in [0, 0.1) is 17.8 Å². The minimum absolute atomic E-state index is 0.0939. The first-order valence-electron chi connectivity index (χ1n) is 10.3. The quantitative estimate of drug-likeness (QED) is 0.873. The molecule has 2 amide bonds. The van der Waals surface area contributed by atoms with Crippen LogP contribution in [0.5, 0.6) is 0 Å². The largest absolute Gasteiger partial charge is 0.343 e. The number of nitrogens with zero attached hydrogens (tertiary/aromatic N) is 2. The van der Waals surface area contributed by atoms with E-state index in [1.807, 2.05) is 0 Å². The number of carbonyl (C=O) groups is 2. The number of amides is 2. The average molecular weight is 356 g/mol. The molecule has 0 spiro atoms. The number of hydrogen-bond donors (Lipinski definition) is 2. The summed E-state index contributed by atoms with van der Waals surface area (Å²) in [4.78, 5) is 35.1. The van der Waals surface area contributed by atoms with Crippen molar-refractivity contribution in [2.45, 2.75) is 69.4 Å². The fourth-order valence-corrected chi connectivity index (χ4v) is 6.43. The SMILES string of the molecule is O=C(NC12CCCC1N(C(=O)C1CC3CCC1C3)CCC2)c1cnc[nH]1. The molecule has 3 aliphatic carbocycles. The topological polar surface area (TPSA) is 78.1 Å². The van der Waals surface area contributed by atoms with Gasteiger partial charge in [-0.2, -0.15) is 0 Å². The fraction of sp³-hybridized carbons (Fsp3) is 0.750. The van der Waals surface area contributed by atoms with E-state index in [0.717, 1.165) is 51.0 Å². The van der Waals surface area contributed by atoms with E-state index >= 15 is 0 Å². The van der Waals surface area contributed by atoms with Crippen LogP contribution >= 0.6 is 0 Å². The van der Waals surface area contributed by atoms with E-state index < -0.39 is 0 Å². The molecule has 4 fully saturated rings. The maximum absolute atomic E-state index is 13.4. The van der Waals surface area contributed by atoms with Crippen molar-refractivity contribution in [2.24, 2.45) is 17.8 Å². The molecule has 5 rings (SSSR count). The van der Waals surface area contributed by atoms with E-state index in [1.165, 1.54) is 25.6 Å². The Morgan fingerprint density at radius 2 is 2.08 bits per heavy atom. The van der Waals surface area contributed by atoms with E-state index in [4.69, 9.17) is 0 Å². The molecule has 0 aromatic carbocycles. The van der Waals surface area contributed by atoms with Gasteiger partial charge in [0.1, 0.15) is 5.69 Å². The Bertz CT molecular complexity index is 703. The van der Waals surface area contributed by atoms with E-state index in [1.54, 1.807) is 6.20 Å². The molecule has 2 heterocycles. The monoisotopic (exact) mass is 356 g/mol. The standard InChI is InChI=1S/C20H28N4O2/c25-18(16-11-21-12-22-16)23-20-6-1-3-17(20)24(8-2-7-20)19(26)15-10-13-4-5-14(15)9-13/h11-15,17H,1-10H2,(H,21,22)(H,23,25). The van der Waals surface area contributed by atoms with E-state index in [9.17, 15) is 9.59 Å². The number of imidazole rings is 1. The molecule has 140 valence electrons. The van der Waals surface area contributed by atoms with Gasteiger partial charge in [0.2, 0.25) is 5.91 Å². The van der Waals surface area contributed by atoms with Crippen molar-refractivity contribution in [1.82, 2.24) is 20.2 Å². The van der Waals surface area contributed by atoms with Crippen LogP contribution in [0.3, 0.4) is 0 Å².